The van der Waals surface area contributed by atoms with Gasteiger partial charge in [-0.25, -0.2) is 4.98 Å². The number of aromatic nitrogens is 1. The molecule has 0 saturated carbocycles. The predicted molar refractivity (Wildman–Crippen MR) is 110 cm³/mol. The Morgan fingerprint density at radius 1 is 0.964 bits per heavy atom. The van der Waals surface area contributed by atoms with Crippen LogP contribution in [0.1, 0.15) is 21.6 Å². The van der Waals surface area contributed by atoms with E-state index in [9.17, 15) is 4.79 Å². The molecule has 6 nitrogen and oxygen atoms in total. The van der Waals surface area contributed by atoms with E-state index in [0.29, 0.717) is 29.4 Å². The third-order valence-electron chi connectivity index (χ3n) is 4.22. The number of aryl methyl sites for hydroxylation is 1. The van der Waals surface area contributed by atoms with Gasteiger partial charge in [-0.15, -0.1) is 0 Å². The van der Waals surface area contributed by atoms with Crippen LogP contribution in [-0.2, 0) is 6.54 Å². The van der Waals surface area contributed by atoms with Crippen molar-refractivity contribution in [1.82, 2.24) is 4.98 Å². The first-order valence-electron chi connectivity index (χ1n) is 8.88. The fourth-order valence-corrected chi connectivity index (χ4v) is 2.77. The number of rotatable bonds is 7. The number of pyridine rings is 1. The van der Waals surface area contributed by atoms with E-state index in [0.717, 1.165) is 5.69 Å². The molecule has 0 atom stereocenters. The van der Waals surface area contributed by atoms with Crippen LogP contribution in [0, 0.1) is 6.92 Å². The SMILES string of the molecule is COc1ccc(NC(=O)c2ccc(NCc3cccc(C)c3)cn2)cc1OC. The van der Waals surface area contributed by atoms with Crippen LogP contribution >= 0.6 is 0 Å². The van der Waals surface area contributed by atoms with Crippen molar-refractivity contribution in [2.45, 2.75) is 13.5 Å². The molecule has 1 aromatic heterocycles. The number of carbonyl (C=O) groups excluding carboxylic acids is 1. The van der Waals surface area contributed by atoms with Crippen LogP contribution in [0.4, 0.5) is 11.4 Å². The quantitative estimate of drug-likeness (QED) is 0.643. The Morgan fingerprint density at radius 2 is 1.75 bits per heavy atom. The zero-order chi connectivity index (χ0) is 19.9. The van der Waals surface area contributed by atoms with Crippen LogP contribution in [-0.4, -0.2) is 25.1 Å². The molecule has 0 spiro atoms. The van der Waals surface area contributed by atoms with Gasteiger partial charge in [-0.1, -0.05) is 29.8 Å². The molecule has 3 aromatic rings. The molecular weight excluding hydrogens is 354 g/mol. The molecular formula is C22H23N3O3. The Kier molecular flexibility index (Phi) is 6.11. The summed E-state index contributed by atoms with van der Waals surface area (Å²) < 4.78 is 10.4. The maximum absolute atomic E-state index is 12.4. The number of benzene rings is 2. The van der Waals surface area contributed by atoms with E-state index in [-0.39, 0.29) is 5.91 Å². The third kappa shape index (κ3) is 4.79. The number of amides is 1. The van der Waals surface area contributed by atoms with Crippen molar-refractivity contribution in [2.75, 3.05) is 24.9 Å². The number of ether oxygens (including phenoxy) is 2. The average molecular weight is 377 g/mol. The van der Waals surface area contributed by atoms with E-state index in [1.165, 1.54) is 11.1 Å². The highest BCUT2D eigenvalue weighted by molar-refractivity contribution is 6.03. The first-order chi connectivity index (χ1) is 13.6. The van der Waals surface area contributed by atoms with Gasteiger partial charge in [0.15, 0.2) is 11.5 Å². The summed E-state index contributed by atoms with van der Waals surface area (Å²) >= 11 is 0. The lowest BCUT2D eigenvalue weighted by Crippen LogP contribution is -2.14. The van der Waals surface area contributed by atoms with E-state index < -0.39 is 0 Å². The standard InChI is InChI=1S/C22H23N3O3/c1-15-5-4-6-16(11-15)13-23-18-7-9-19(24-14-18)22(26)25-17-8-10-20(27-2)21(12-17)28-3/h4-12,14,23H,13H2,1-3H3,(H,25,26). The van der Waals surface area contributed by atoms with E-state index in [1.807, 2.05) is 12.1 Å². The first kappa shape index (κ1) is 19.2. The molecule has 0 aliphatic heterocycles. The van der Waals surface area contributed by atoms with Crippen molar-refractivity contribution in [3.05, 3.63) is 77.6 Å². The molecule has 1 heterocycles. The van der Waals surface area contributed by atoms with Gasteiger partial charge >= 0.3 is 0 Å². The minimum absolute atomic E-state index is 0.294. The molecule has 28 heavy (non-hydrogen) atoms. The summed E-state index contributed by atoms with van der Waals surface area (Å²) in [5.74, 6) is 0.851. The number of nitrogens with one attached hydrogen (secondary N) is 2. The number of hydrogen-bond donors (Lipinski definition) is 2. The van der Waals surface area contributed by atoms with Crippen molar-refractivity contribution >= 4 is 17.3 Å². The van der Waals surface area contributed by atoms with Crippen LogP contribution in [0.15, 0.2) is 60.8 Å². The fourth-order valence-electron chi connectivity index (χ4n) is 2.77. The molecule has 0 saturated heterocycles. The van der Waals surface area contributed by atoms with Gasteiger partial charge in [0.05, 0.1) is 26.1 Å². The van der Waals surface area contributed by atoms with E-state index in [1.54, 1.807) is 44.7 Å². The van der Waals surface area contributed by atoms with Crippen molar-refractivity contribution in [1.29, 1.82) is 0 Å². The number of hydrogen-bond acceptors (Lipinski definition) is 5. The molecule has 0 fully saturated rings. The Labute approximate surface area is 164 Å². The van der Waals surface area contributed by atoms with Crippen molar-refractivity contribution in [2.24, 2.45) is 0 Å². The third-order valence-corrected chi connectivity index (χ3v) is 4.22. The van der Waals surface area contributed by atoms with Crippen LogP contribution < -0.4 is 20.1 Å². The summed E-state index contributed by atoms with van der Waals surface area (Å²) in [6, 6.07) is 17.0. The van der Waals surface area contributed by atoms with E-state index in [2.05, 4.69) is 40.7 Å². The monoisotopic (exact) mass is 377 g/mol. The Bertz CT molecular complexity index is 955. The molecule has 2 N–H and O–H groups in total. The van der Waals surface area contributed by atoms with Gasteiger partial charge in [-0.3, -0.25) is 4.79 Å². The summed E-state index contributed by atoms with van der Waals surface area (Å²) in [7, 11) is 3.11. The smallest absolute Gasteiger partial charge is 0.274 e. The Balaban J connectivity index is 1.62. The molecule has 0 bridgehead atoms. The number of anilines is 2. The molecule has 144 valence electrons. The minimum atomic E-state index is -0.294. The molecule has 0 radical (unpaired) electrons. The molecule has 0 unspecified atom stereocenters. The maximum atomic E-state index is 12.4. The summed E-state index contributed by atoms with van der Waals surface area (Å²) in [5, 5.41) is 6.12. The van der Waals surface area contributed by atoms with Gasteiger partial charge < -0.3 is 20.1 Å². The van der Waals surface area contributed by atoms with Gasteiger partial charge in [0.1, 0.15) is 5.69 Å². The van der Waals surface area contributed by atoms with Crippen LogP contribution in [0.5, 0.6) is 11.5 Å². The highest BCUT2D eigenvalue weighted by atomic mass is 16.5. The average Bonchev–Trinajstić information content (AvgIpc) is 2.72. The first-order valence-corrected chi connectivity index (χ1v) is 8.88. The largest absolute Gasteiger partial charge is 0.493 e. The second-order valence-electron chi connectivity index (χ2n) is 6.30. The second kappa shape index (κ2) is 8.90. The molecule has 6 heteroatoms. The van der Waals surface area contributed by atoms with Crippen LogP contribution in [0.25, 0.3) is 0 Å². The lowest BCUT2D eigenvalue weighted by molar-refractivity contribution is 0.102. The topological polar surface area (TPSA) is 72.5 Å². The predicted octanol–water partition coefficient (Wildman–Crippen LogP) is 4.27. The highest BCUT2D eigenvalue weighted by Crippen LogP contribution is 2.29. The van der Waals surface area contributed by atoms with Crippen molar-refractivity contribution < 1.29 is 14.3 Å². The van der Waals surface area contributed by atoms with Gasteiger partial charge in [-0.2, -0.15) is 0 Å². The summed E-state index contributed by atoms with van der Waals surface area (Å²) in [4.78, 5) is 16.7. The molecule has 0 aliphatic rings. The maximum Gasteiger partial charge on any atom is 0.274 e. The number of nitrogens with zero attached hydrogens (tertiary/aromatic N) is 1. The van der Waals surface area contributed by atoms with E-state index in [4.69, 9.17) is 9.47 Å². The van der Waals surface area contributed by atoms with Gasteiger partial charge in [0.2, 0.25) is 0 Å². The molecule has 2 aromatic carbocycles. The normalized spacial score (nSPS) is 10.2. The summed E-state index contributed by atoms with van der Waals surface area (Å²) in [5.41, 5.74) is 4.20. The summed E-state index contributed by atoms with van der Waals surface area (Å²) in [6.07, 6.45) is 1.65. The van der Waals surface area contributed by atoms with Crippen LogP contribution in [0.3, 0.4) is 0 Å². The fraction of sp³-hybridized carbons (Fsp3) is 0.182. The van der Waals surface area contributed by atoms with Gasteiger partial charge in [0.25, 0.3) is 5.91 Å². The molecule has 1 amide bonds. The zero-order valence-electron chi connectivity index (χ0n) is 16.2. The molecule has 0 aliphatic carbocycles. The minimum Gasteiger partial charge on any atom is -0.493 e. The highest BCUT2D eigenvalue weighted by Gasteiger charge is 2.10. The van der Waals surface area contributed by atoms with Crippen molar-refractivity contribution in [3.8, 4) is 11.5 Å². The van der Waals surface area contributed by atoms with Crippen molar-refractivity contribution in [3.63, 3.8) is 0 Å². The van der Waals surface area contributed by atoms with Crippen LogP contribution in [0.2, 0.25) is 0 Å². The van der Waals surface area contributed by atoms with E-state index >= 15 is 0 Å². The molecule has 3 rings (SSSR count). The lowest BCUT2D eigenvalue weighted by Gasteiger charge is -2.11. The number of methoxy groups -OCH3 is 2. The summed E-state index contributed by atoms with van der Waals surface area (Å²) in [6.45, 7) is 2.76. The van der Waals surface area contributed by atoms with Gasteiger partial charge in [0, 0.05) is 18.3 Å². The van der Waals surface area contributed by atoms with Gasteiger partial charge in [-0.05, 0) is 36.8 Å². The number of carbonyl (C=O) groups is 1. The Hall–Kier alpha value is -3.54. The lowest BCUT2D eigenvalue weighted by atomic mass is 10.1. The second-order valence-corrected chi connectivity index (χ2v) is 6.30. The Morgan fingerprint density at radius 3 is 2.43 bits per heavy atom. The zero-order valence-corrected chi connectivity index (χ0v) is 16.2.